The van der Waals surface area contributed by atoms with E-state index in [0.717, 1.165) is 0 Å². The molecule has 3 amide bonds. The number of carbonyl (C=O) groups is 3. The molecule has 12 heteroatoms. The average molecular weight is 498 g/mol. The highest BCUT2D eigenvalue weighted by Crippen LogP contribution is 2.16. The van der Waals surface area contributed by atoms with Gasteiger partial charge in [0.1, 0.15) is 12.1 Å². The molecule has 7 N–H and O–H groups in total. The summed E-state index contributed by atoms with van der Waals surface area (Å²) in [4.78, 5) is 49.0. The summed E-state index contributed by atoms with van der Waals surface area (Å²) in [6, 6.07) is 11.9. The molecular weight excluding hydrogens is 466 g/mol. The summed E-state index contributed by atoms with van der Waals surface area (Å²) in [6.45, 7) is 3.86. The van der Waals surface area contributed by atoms with Crippen molar-refractivity contribution in [1.29, 1.82) is 5.41 Å². The van der Waals surface area contributed by atoms with E-state index in [1.807, 2.05) is 0 Å². The van der Waals surface area contributed by atoms with E-state index in [9.17, 15) is 24.5 Å². The van der Waals surface area contributed by atoms with E-state index in [1.165, 1.54) is 24.3 Å². The van der Waals surface area contributed by atoms with Crippen LogP contribution in [0.1, 0.15) is 37.0 Å². The number of anilines is 1. The molecule has 0 bridgehead atoms. The minimum atomic E-state index is -0.976. The third-order valence-corrected chi connectivity index (χ3v) is 5.24. The molecule has 2 aromatic carbocycles. The zero-order valence-electron chi connectivity index (χ0n) is 20.1. The largest absolute Gasteiger partial charge is 0.370 e. The number of nitrogens with one attached hydrogen (secondary N) is 5. The van der Waals surface area contributed by atoms with Crippen molar-refractivity contribution >= 4 is 35.1 Å². The van der Waals surface area contributed by atoms with Crippen LogP contribution in [0.3, 0.4) is 0 Å². The number of guanidine groups is 1. The Kier molecular flexibility index (Phi) is 10.3. The van der Waals surface area contributed by atoms with E-state index in [-0.39, 0.29) is 24.0 Å². The summed E-state index contributed by atoms with van der Waals surface area (Å²) < 4.78 is 0. The first kappa shape index (κ1) is 27.8. The van der Waals surface area contributed by atoms with Gasteiger partial charge in [-0.3, -0.25) is 29.9 Å². The Morgan fingerprint density at radius 3 is 2.19 bits per heavy atom. The molecule has 0 unspecified atom stereocenters. The second kappa shape index (κ2) is 13.4. The lowest BCUT2D eigenvalue weighted by molar-refractivity contribution is -0.384. The van der Waals surface area contributed by atoms with Crippen LogP contribution in [0.25, 0.3) is 0 Å². The molecule has 2 atom stereocenters. The van der Waals surface area contributed by atoms with E-state index in [1.54, 1.807) is 44.2 Å². The SMILES string of the molecule is CC(C)[C@H](NC(=O)c1ccccc1)C(=O)N[C@@H](CCCNC(=N)N)C(=O)Nc1ccc([N+](=O)[O-])cc1. The smallest absolute Gasteiger partial charge is 0.269 e. The molecule has 0 saturated carbocycles. The Hall–Kier alpha value is -4.48. The van der Waals surface area contributed by atoms with Crippen LogP contribution in [0.2, 0.25) is 0 Å². The number of nitro groups is 1. The molecule has 0 fully saturated rings. The number of nitrogens with zero attached hydrogens (tertiary/aromatic N) is 1. The fraction of sp³-hybridized carbons (Fsp3) is 0.333. The van der Waals surface area contributed by atoms with Crippen LogP contribution in [-0.4, -0.2) is 47.2 Å². The van der Waals surface area contributed by atoms with Crippen LogP contribution < -0.4 is 27.0 Å². The number of nitrogens with two attached hydrogens (primary N) is 1. The maximum atomic E-state index is 13.1. The van der Waals surface area contributed by atoms with Crippen LogP contribution in [0.15, 0.2) is 54.6 Å². The highest BCUT2D eigenvalue weighted by atomic mass is 16.6. The Bertz CT molecular complexity index is 1070. The Morgan fingerprint density at radius 1 is 1.00 bits per heavy atom. The van der Waals surface area contributed by atoms with Gasteiger partial charge in [0.05, 0.1) is 4.92 Å². The van der Waals surface area contributed by atoms with E-state index in [0.29, 0.717) is 24.2 Å². The monoisotopic (exact) mass is 497 g/mol. The second-order valence-electron chi connectivity index (χ2n) is 8.40. The lowest BCUT2D eigenvalue weighted by Gasteiger charge is -2.25. The Morgan fingerprint density at radius 2 is 1.64 bits per heavy atom. The summed E-state index contributed by atoms with van der Waals surface area (Å²) >= 11 is 0. The van der Waals surface area contributed by atoms with Gasteiger partial charge in [-0.25, -0.2) is 0 Å². The zero-order valence-corrected chi connectivity index (χ0v) is 20.1. The van der Waals surface area contributed by atoms with Gasteiger partial charge in [0, 0.05) is 29.9 Å². The van der Waals surface area contributed by atoms with Gasteiger partial charge in [0.25, 0.3) is 11.6 Å². The van der Waals surface area contributed by atoms with Crippen molar-refractivity contribution in [2.24, 2.45) is 11.7 Å². The summed E-state index contributed by atoms with van der Waals surface area (Å²) in [5, 5.41) is 28.8. The van der Waals surface area contributed by atoms with E-state index >= 15 is 0 Å². The van der Waals surface area contributed by atoms with Crippen LogP contribution in [-0.2, 0) is 9.59 Å². The quantitative estimate of drug-likeness (QED) is 0.0845. The van der Waals surface area contributed by atoms with Crippen LogP contribution in [0.4, 0.5) is 11.4 Å². The maximum absolute atomic E-state index is 13.1. The van der Waals surface area contributed by atoms with E-state index in [4.69, 9.17) is 11.1 Å². The number of hydrogen-bond acceptors (Lipinski definition) is 6. The van der Waals surface area contributed by atoms with Gasteiger partial charge >= 0.3 is 0 Å². The average Bonchev–Trinajstić information content (AvgIpc) is 2.84. The maximum Gasteiger partial charge on any atom is 0.269 e. The van der Waals surface area contributed by atoms with Crippen molar-refractivity contribution in [3.8, 4) is 0 Å². The number of hydrogen-bond donors (Lipinski definition) is 6. The van der Waals surface area contributed by atoms with Gasteiger partial charge in [-0.15, -0.1) is 0 Å². The second-order valence-corrected chi connectivity index (χ2v) is 8.40. The van der Waals surface area contributed by atoms with E-state index < -0.39 is 34.7 Å². The highest BCUT2D eigenvalue weighted by molar-refractivity contribution is 6.00. The minimum Gasteiger partial charge on any atom is -0.370 e. The predicted molar refractivity (Wildman–Crippen MR) is 135 cm³/mol. The molecule has 12 nitrogen and oxygen atoms in total. The Labute approximate surface area is 208 Å². The van der Waals surface area contributed by atoms with E-state index in [2.05, 4.69) is 21.3 Å². The Balaban J connectivity index is 2.13. The molecule has 0 spiro atoms. The van der Waals surface area contributed by atoms with Crippen molar-refractivity contribution in [3.05, 3.63) is 70.3 Å². The van der Waals surface area contributed by atoms with Crippen molar-refractivity contribution < 1.29 is 19.3 Å². The number of benzene rings is 2. The molecule has 0 aliphatic heterocycles. The summed E-state index contributed by atoms with van der Waals surface area (Å²) in [6.07, 6.45) is 0.614. The highest BCUT2D eigenvalue weighted by Gasteiger charge is 2.29. The molecule has 36 heavy (non-hydrogen) atoms. The van der Waals surface area contributed by atoms with Gasteiger partial charge in [-0.1, -0.05) is 32.0 Å². The molecule has 0 radical (unpaired) electrons. The first-order chi connectivity index (χ1) is 17.1. The lowest BCUT2D eigenvalue weighted by Crippen LogP contribution is -2.54. The summed E-state index contributed by atoms with van der Waals surface area (Å²) in [5.41, 5.74) is 5.89. The van der Waals surface area contributed by atoms with Gasteiger partial charge in [-0.05, 0) is 43.0 Å². The molecule has 0 aliphatic rings. The van der Waals surface area contributed by atoms with Crippen LogP contribution in [0.5, 0.6) is 0 Å². The minimum absolute atomic E-state index is 0.123. The molecule has 2 aromatic rings. The number of nitro benzene ring substituents is 1. The normalized spacial score (nSPS) is 12.2. The van der Waals surface area contributed by atoms with Gasteiger partial charge in [0.2, 0.25) is 11.8 Å². The van der Waals surface area contributed by atoms with Crippen molar-refractivity contribution in [2.75, 3.05) is 11.9 Å². The predicted octanol–water partition coefficient (Wildman–Crippen LogP) is 1.74. The van der Waals surface area contributed by atoms with Gasteiger partial charge in [-0.2, -0.15) is 0 Å². The van der Waals surface area contributed by atoms with Crippen molar-refractivity contribution in [1.82, 2.24) is 16.0 Å². The fourth-order valence-electron chi connectivity index (χ4n) is 3.30. The molecule has 0 heterocycles. The third-order valence-electron chi connectivity index (χ3n) is 5.24. The molecule has 192 valence electrons. The zero-order chi connectivity index (χ0) is 26.7. The standard InChI is InChI=1S/C24H31N7O5/c1-15(2)20(30-21(32)16-7-4-3-5-8-16)23(34)29-19(9-6-14-27-24(25)26)22(33)28-17-10-12-18(13-11-17)31(35)36/h3-5,7-8,10-13,15,19-20H,6,9,14H2,1-2H3,(H,28,33)(H,29,34)(H,30,32)(H4,25,26,27)/t19-,20-/m0/s1. The lowest BCUT2D eigenvalue weighted by atomic mass is 10.0. The number of non-ortho nitro benzene ring substituents is 1. The number of rotatable bonds is 12. The topological polar surface area (TPSA) is 192 Å². The van der Waals surface area contributed by atoms with Crippen molar-refractivity contribution in [3.63, 3.8) is 0 Å². The van der Waals surface area contributed by atoms with Crippen LogP contribution in [0, 0.1) is 21.4 Å². The van der Waals surface area contributed by atoms with Crippen LogP contribution >= 0.6 is 0 Å². The molecule has 0 aromatic heterocycles. The van der Waals surface area contributed by atoms with Gasteiger partial charge in [0.15, 0.2) is 5.96 Å². The third kappa shape index (κ3) is 8.70. The van der Waals surface area contributed by atoms with Crippen molar-refractivity contribution in [2.45, 2.75) is 38.8 Å². The summed E-state index contributed by atoms with van der Waals surface area (Å²) in [5.74, 6) is -1.96. The fourth-order valence-corrected chi connectivity index (χ4v) is 3.30. The number of amides is 3. The number of carbonyl (C=O) groups excluding carboxylic acids is 3. The first-order valence-corrected chi connectivity index (χ1v) is 11.4. The molecule has 0 saturated heterocycles. The molecule has 2 rings (SSSR count). The summed E-state index contributed by atoms with van der Waals surface area (Å²) in [7, 11) is 0. The van der Waals surface area contributed by atoms with Gasteiger partial charge < -0.3 is 27.0 Å². The first-order valence-electron chi connectivity index (χ1n) is 11.4. The molecule has 0 aliphatic carbocycles. The molecular formula is C24H31N7O5.